The van der Waals surface area contributed by atoms with Gasteiger partial charge in [0.15, 0.2) is 0 Å². The van der Waals surface area contributed by atoms with Crippen LogP contribution in [0.2, 0.25) is 0 Å². The molecule has 2 bridgehead atoms. The summed E-state index contributed by atoms with van der Waals surface area (Å²) in [7, 11) is 0. The number of anilines is 1. The van der Waals surface area contributed by atoms with Gasteiger partial charge in [0.25, 0.3) is 5.95 Å². The summed E-state index contributed by atoms with van der Waals surface area (Å²) in [5, 5.41) is 3.58. The second kappa shape index (κ2) is 2.45. The van der Waals surface area contributed by atoms with Crippen LogP contribution in [-0.4, -0.2) is 22.3 Å². The Hall–Kier alpha value is -1.10. The van der Waals surface area contributed by atoms with E-state index in [0.29, 0.717) is 12.0 Å². The number of nitrogens with two attached hydrogens (primary N) is 1. The molecule has 1 aromatic rings. The third-order valence-electron chi connectivity index (χ3n) is 2.88. The molecule has 2 aliphatic heterocycles. The van der Waals surface area contributed by atoms with Crippen molar-refractivity contribution in [3.8, 4) is 0 Å². The van der Waals surface area contributed by atoms with Crippen LogP contribution in [0.4, 0.5) is 5.95 Å². The number of aromatic nitrogens is 2. The van der Waals surface area contributed by atoms with Crippen molar-refractivity contribution in [2.24, 2.45) is 0 Å². The number of fused-ring (bicyclic) bond motifs is 2. The molecule has 3 atom stereocenters. The lowest BCUT2D eigenvalue weighted by Crippen LogP contribution is -2.14. The maximum absolute atomic E-state index is 5.68. The van der Waals surface area contributed by atoms with E-state index in [2.05, 4.69) is 10.1 Å². The molecule has 0 aromatic carbocycles. The first-order valence-electron chi connectivity index (χ1n) is 4.57. The molecule has 2 N–H and O–H groups in total. The van der Waals surface area contributed by atoms with Gasteiger partial charge in [-0.05, 0) is 24.4 Å². The number of hydrogen-bond donors (Lipinski definition) is 1. The highest BCUT2D eigenvalue weighted by Gasteiger charge is 2.44. The van der Waals surface area contributed by atoms with Gasteiger partial charge in [0.05, 0.1) is 18.1 Å². The molecule has 0 amide bonds. The lowest BCUT2D eigenvalue weighted by atomic mass is 9.89. The topological polar surface area (TPSA) is 74.2 Å². The zero-order valence-corrected chi connectivity index (χ0v) is 7.14. The van der Waals surface area contributed by atoms with Crippen LogP contribution >= 0.6 is 0 Å². The highest BCUT2D eigenvalue weighted by Crippen LogP contribution is 2.43. The van der Waals surface area contributed by atoms with Gasteiger partial charge in [-0.2, -0.15) is 4.98 Å². The van der Waals surface area contributed by atoms with Gasteiger partial charge >= 0.3 is 0 Å². The standard InChI is InChI=1S/C8H11N3O2/c9-8-10-7(13-11-8)5-3-4-1-2-6(5)12-4/h4-6H,1-3H2,(H2,9,11). The van der Waals surface area contributed by atoms with Crippen LogP contribution in [0.25, 0.3) is 0 Å². The average molecular weight is 181 g/mol. The molecule has 3 rings (SSSR count). The molecular formula is C8H11N3O2. The van der Waals surface area contributed by atoms with Gasteiger partial charge < -0.3 is 15.0 Å². The van der Waals surface area contributed by atoms with Crippen LogP contribution in [0, 0.1) is 0 Å². The lowest BCUT2D eigenvalue weighted by molar-refractivity contribution is 0.0974. The minimum atomic E-state index is 0.220. The Labute approximate surface area is 75.2 Å². The minimum Gasteiger partial charge on any atom is -0.374 e. The Morgan fingerprint density at radius 1 is 1.38 bits per heavy atom. The molecule has 70 valence electrons. The van der Waals surface area contributed by atoms with Crippen molar-refractivity contribution in [1.29, 1.82) is 0 Å². The molecule has 5 nitrogen and oxygen atoms in total. The zero-order chi connectivity index (χ0) is 8.84. The van der Waals surface area contributed by atoms with Gasteiger partial charge in [0.2, 0.25) is 5.89 Å². The maximum atomic E-state index is 5.68. The van der Waals surface area contributed by atoms with Crippen LogP contribution in [0.15, 0.2) is 4.52 Å². The van der Waals surface area contributed by atoms with Crippen molar-refractivity contribution in [1.82, 2.24) is 10.1 Å². The Bertz CT molecular complexity index is 325. The smallest absolute Gasteiger partial charge is 0.260 e. The summed E-state index contributed by atoms with van der Waals surface area (Å²) in [6.45, 7) is 0. The fraction of sp³-hybridized carbons (Fsp3) is 0.750. The van der Waals surface area contributed by atoms with Crippen LogP contribution in [0.5, 0.6) is 0 Å². The fourth-order valence-corrected chi connectivity index (χ4v) is 2.30. The molecule has 2 aliphatic rings. The summed E-state index contributed by atoms with van der Waals surface area (Å²) < 4.78 is 10.7. The first-order valence-corrected chi connectivity index (χ1v) is 4.57. The molecular weight excluding hydrogens is 170 g/mol. The quantitative estimate of drug-likeness (QED) is 0.689. The largest absolute Gasteiger partial charge is 0.374 e. The van der Waals surface area contributed by atoms with Crippen LogP contribution in [0.3, 0.4) is 0 Å². The number of nitrogen functional groups attached to an aromatic ring is 1. The van der Waals surface area contributed by atoms with E-state index in [1.807, 2.05) is 0 Å². The van der Waals surface area contributed by atoms with E-state index in [-0.39, 0.29) is 18.0 Å². The summed E-state index contributed by atoms with van der Waals surface area (Å²) in [6.07, 6.45) is 3.97. The van der Waals surface area contributed by atoms with E-state index < -0.39 is 0 Å². The summed E-state index contributed by atoms with van der Waals surface area (Å²) in [4.78, 5) is 4.03. The highest BCUT2D eigenvalue weighted by molar-refractivity contribution is 5.14. The highest BCUT2D eigenvalue weighted by atomic mass is 16.5. The number of rotatable bonds is 1. The molecule has 0 spiro atoms. The number of ether oxygens (including phenoxy) is 1. The normalized spacial score (nSPS) is 37.1. The van der Waals surface area contributed by atoms with Crippen LogP contribution in [-0.2, 0) is 4.74 Å². The summed E-state index contributed by atoms with van der Waals surface area (Å²) in [6, 6.07) is 0. The van der Waals surface area contributed by atoms with Gasteiger partial charge in [-0.15, -0.1) is 0 Å². The Morgan fingerprint density at radius 3 is 2.85 bits per heavy atom. The molecule has 1 aromatic heterocycles. The summed E-state index contributed by atoms with van der Waals surface area (Å²) in [5.41, 5.74) is 5.39. The molecule has 0 saturated carbocycles. The van der Waals surface area contributed by atoms with Crippen molar-refractivity contribution in [3.63, 3.8) is 0 Å². The Morgan fingerprint density at radius 2 is 2.31 bits per heavy atom. The predicted octanol–water partition coefficient (Wildman–Crippen LogP) is 0.687. The molecule has 5 heteroatoms. The number of hydrogen-bond acceptors (Lipinski definition) is 5. The van der Waals surface area contributed by atoms with Crippen molar-refractivity contribution in [3.05, 3.63) is 5.89 Å². The first kappa shape index (κ1) is 7.32. The van der Waals surface area contributed by atoms with E-state index >= 15 is 0 Å². The molecule has 13 heavy (non-hydrogen) atoms. The van der Waals surface area contributed by atoms with Crippen LogP contribution < -0.4 is 5.73 Å². The molecule has 0 aliphatic carbocycles. The van der Waals surface area contributed by atoms with Crippen molar-refractivity contribution >= 4 is 5.95 Å². The summed E-state index contributed by atoms with van der Waals surface area (Å²) in [5.74, 6) is 1.14. The molecule has 2 saturated heterocycles. The van der Waals surface area contributed by atoms with Gasteiger partial charge in [-0.1, -0.05) is 0 Å². The van der Waals surface area contributed by atoms with Gasteiger partial charge in [0, 0.05) is 0 Å². The van der Waals surface area contributed by atoms with Gasteiger partial charge in [-0.3, -0.25) is 0 Å². The molecule has 3 unspecified atom stereocenters. The lowest BCUT2D eigenvalue weighted by Gasteiger charge is -2.13. The fourth-order valence-electron chi connectivity index (χ4n) is 2.30. The van der Waals surface area contributed by atoms with Gasteiger partial charge in [0.1, 0.15) is 0 Å². The summed E-state index contributed by atoms with van der Waals surface area (Å²) >= 11 is 0. The third-order valence-corrected chi connectivity index (χ3v) is 2.88. The molecule has 2 fully saturated rings. The zero-order valence-electron chi connectivity index (χ0n) is 7.14. The maximum Gasteiger partial charge on any atom is 0.260 e. The second-order valence-corrected chi connectivity index (χ2v) is 3.71. The van der Waals surface area contributed by atoms with Crippen LogP contribution in [0.1, 0.15) is 31.1 Å². The molecule has 3 heterocycles. The van der Waals surface area contributed by atoms with E-state index in [9.17, 15) is 0 Å². The SMILES string of the molecule is Nc1noc(C2CC3CCC2O3)n1. The van der Waals surface area contributed by atoms with Crippen molar-refractivity contribution in [2.45, 2.75) is 37.4 Å². The minimum absolute atomic E-state index is 0.220. The van der Waals surface area contributed by atoms with Crippen molar-refractivity contribution in [2.75, 3.05) is 5.73 Å². The average Bonchev–Trinajstić information content (AvgIpc) is 2.77. The Balaban J connectivity index is 1.87. The van der Waals surface area contributed by atoms with Crippen molar-refractivity contribution < 1.29 is 9.26 Å². The Kier molecular flexibility index (Phi) is 1.38. The van der Waals surface area contributed by atoms with E-state index in [4.69, 9.17) is 15.0 Å². The number of nitrogens with zero attached hydrogens (tertiary/aromatic N) is 2. The van der Waals surface area contributed by atoms with E-state index in [0.717, 1.165) is 12.8 Å². The predicted molar refractivity (Wildman–Crippen MR) is 44.0 cm³/mol. The third kappa shape index (κ3) is 1.03. The van der Waals surface area contributed by atoms with Gasteiger partial charge in [-0.25, -0.2) is 0 Å². The second-order valence-electron chi connectivity index (χ2n) is 3.71. The van der Waals surface area contributed by atoms with E-state index in [1.54, 1.807) is 0 Å². The van der Waals surface area contributed by atoms with E-state index in [1.165, 1.54) is 6.42 Å². The first-order chi connectivity index (χ1) is 6.33. The monoisotopic (exact) mass is 181 g/mol. The molecule has 0 radical (unpaired) electrons.